The summed E-state index contributed by atoms with van der Waals surface area (Å²) in [4.78, 5) is 28.8. The summed E-state index contributed by atoms with van der Waals surface area (Å²) in [6.45, 7) is 1.45. The van der Waals surface area contributed by atoms with Gasteiger partial charge in [0.1, 0.15) is 11.1 Å². The average molecular weight is 446 g/mol. The van der Waals surface area contributed by atoms with Crippen LogP contribution in [0.5, 0.6) is 0 Å². The van der Waals surface area contributed by atoms with Crippen molar-refractivity contribution in [2.75, 3.05) is 5.32 Å². The highest BCUT2D eigenvalue weighted by Gasteiger charge is 2.21. The number of anilines is 1. The molecule has 3 rings (SSSR count). The molecule has 0 spiro atoms. The van der Waals surface area contributed by atoms with Crippen LogP contribution in [0.25, 0.3) is 10.6 Å². The van der Waals surface area contributed by atoms with E-state index >= 15 is 0 Å². The molecule has 0 aliphatic heterocycles. The summed E-state index contributed by atoms with van der Waals surface area (Å²) in [5.41, 5.74) is 1.62. The number of hydrogen-bond acceptors (Lipinski definition) is 6. The van der Waals surface area contributed by atoms with Crippen molar-refractivity contribution in [2.45, 2.75) is 13.0 Å². The van der Waals surface area contributed by atoms with Gasteiger partial charge in [-0.15, -0.1) is 11.3 Å². The van der Waals surface area contributed by atoms with Crippen LogP contribution >= 0.6 is 34.5 Å². The molecule has 3 aromatic rings. The summed E-state index contributed by atoms with van der Waals surface area (Å²) >= 11 is 13.1. The van der Waals surface area contributed by atoms with Gasteiger partial charge in [0.2, 0.25) is 0 Å². The fourth-order valence-corrected chi connectivity index (χ4v) is 3.44. The first-order valence-corrected chi connectivity index (χ1v) is 9.94. The van der Waals surface area contributed by atoms with Crippen LogP contribution in [0.1, 0.15) is 23.0 Å². The van der Waals surface area contributed by atoms with E-state index in [4.69, 9.17) is 33.2 Å². The summed E-state index contributed by atoms with van der Waals surface area (Å²) in [5, 5.41) is 14.5. The molecule has 0 fully saturated rings. The first-order chi connectivity index (χ1) is 13.9. The Bertz CT molecular complexity index is 1110. The molecule has 1 N–H and O–H groups in total. The van der Waals surface area contributed by atoms with Crippen LogP contribution in [0.3, 0.4) is 0 Å². The van der Waals surface area contributed by atoms with Gasteiger partial charge in [-0.05, 0) is 37.3 Å². The first kappa shape index (κ1) is 20.8. The van der Waals surface area contributed by atoms with E-state index in [-0.39, 0.29) is 10.7 Å². The van der Waals surface area contributed by atoms with Crippen LogP contribution in [-0.4, -0.2) is 23.0 Å². The second-order valence-electron chi connectivity index (χ2n) is 5.89. The third-order valence-electron chi connectivity index (χ3n) is 3.81. The predicted molar refractivity (Wildman–Crippen MR) is 112 cm³/mol. The molecule has 146 valence electrons. The van der Waals surface area contributed by atoms with Crippen molar-refractivity contribution in [3.63, 3.8) is 0 Å². The van der Waals surface area contributed by atoms with E-state index in [1.165, 1.54) is 36.5 Å². The monoisotopic (exact) mass is 445 g/mol. The summed E-state index contributed by atoms with van der Waals surface area (Å²) in [6, 6.07) is 13.5. The van der Waals surface area contributed by atoms with Gasteiger partial charge in [0, 0.05) is 21.7 Å². The zero-order valence-corrected chi connectivity index (χ0v) is 17.3. The second kappa shape index (κ2) is 9.05. The lowest BCUT2D eigenvalue weighted by Crippen LogP contribution is -2.30. The molecule has 0 bridgehead atoms. The van der Waals surface area contributed by atoms with Gasteiger partial charge >= 0.3 is 5.97 Å². The zero-order valence-electron chi connectivity index (χ0n) is 15.0. The number of amides is 1. The lowest BCUT2D eigenvalue weighted by atomic mass is 10.2. The SMILES string of the molecule is CC(OC(=O)c1csc(-c2ccc(Cl)cc2)n1)C(=O)Nc1ccc(C#N)c(Cl)c1. The van der Waals surface area contributed by atoms with E-state index in [0.717, 1.165) is 5.56 Å². The van der Waals surface area contributed by atoms with Gasteiger partial charge in [-0.1, -0.05) is 35.3 Å². The minimum Gasteiger partial charge on any atom is -0.448 e. The van der Waals surface area contributed by atoms with Crippen molar-refractivity contribution in [1.29, 1.82) is 5.26 Å². The fourth-order valence-electron chi connectivity index (χ4n) is 2.29. The minimum atomic E-state index is -1.06. The number of nitriles is 1. The Hall–Kier alpha value is -2.92. The number of ether oxygens (including phenoxy) is 1. The Balaban J connectivity index is 1.63. The molecule has 9 heteroatoms. The number of esters is 1. The smallest absolute Gasteiger partial charge is 0.358 e. The van der Waals surface area contributed by atoms with Crippen molar-refractivity contribution in [2.24, 2.45) is 0 Å². The normalized spacial score (nSPS) is 11.4. The number of thiazole rings is 1. The topological polar surface area (TPSA) is 92.1 Å². The quantitative estimate of drug-likeness (QED) is 0.546. The Kier molecular flexibility index (Phi) is 6.49. The second-order valence-corrected chi connectivity index (χ2v) is 7.59. The number of aromatic nitrogens is 1. The van der Waals surface area contributed by atoms with Crippen molar-refractivity contribution >= 4 is 52.1 Å². The molecular weight excluding hydrogens is 433 g/mol. The third-order valence-corrected chi connectivity index (χ3v) is 5.27. The molecule has 0 aliphatic carbocycles. The third kappa shape index (κ3) is 5.12. The van der Waals surface area contributed by atoms with Gasteiger partial charge < -0.3 is 10.1 Å². The van der Waals surface area contributed by atoms with Crippen LogP contribution in [-0.2, 0) is 9.53 Å². The molecule has 1 atom stereocenters. The summed E-state index contributed by atoms with van der Waals surface area (Å²) in [5.74, 6) is -1.24. The molecule has 1 heterocycles. The highest BCUT2D eigenvalue weighted by atomic mass is 35.5. The number of nitrogens with one attached hydrogen (secondary N) is 1. The predicted octanol–water partition coefficient (Wildman–Crippen LogP) is 5.17. The van der Waals surface area contributed by atoms with Gasteiger partial charge in [0.15, 0.2) is 11.8 Å². The number of rotatable bonds is 5. The van der Waals surface area contributed by atoms with Crippen LogP contribution in [0.15, 0.2) is 47.8 Å². The maximum absolute atomic E-state index is 12.3. The molecule has 2 aromatic carbocycles. The van der Waals surface area contributed by atoms with Crippen LogP contribution in [0.4, 0.5) is 5.69 Å². The molecule has 0 saturated carbocycles. The van der Waals surface area contributed by atoms with E-state index < -0.39 is 18.0 Å². The Morgan fingerprint density at radius 3 is 2.59 bits per heavy atom. The number of benzene rings is 2. The molecule has 1 aromatic heterocycles. The highest BCUT2D eigenvalue weighted by molar-refractivity contribution is 7.13. The van der Waals surface area contributed by atoms with Crippen molar-refractivity contribution in [3.8, 4) is 16.6 Å². The first-order valence-electron chi connectivity index (χ1n) is 8.30. The molecule has 1 amide bonds. The average Bonchev–Trinajstić information content (AvgIpc) is 3.19. The molecule has 29 heavy (non-hydrogen) atoms. The minimum absolute atomic E-state index is 0.112. The largest absolute Gasteiger partial charge is 0.448 e. The molecule has 6 nitrogen and oxygen atoms in total. The van der Waals surface area contributed by atoms with Crippen LogP contribution < -0.4 is 5.32 Å². The molecular formula is C20H13Cl2N3O3S. The van der Waals surface area contributed by atoms with Gasteiger partial charge in [0.05, 0.1) is 10.6 Å². The summed E-state index contributed by atoms with van der Waals surface area (Å²) in [7, 11) is 0. The number of hydrogen-bond donors (Lipinski definition) is 1. The number of carbonyl (C=O) groups excluding carboxylic acids is 2. The van der Waals surface area contributed by atoms with Crippen molar-refractivity contribution in [3.05, 3.63) is 69.1 Å². The standard InChI is InChI=1S/C20H13Cl2N3O3S/c1-11(18(26)24-15-7-4-13(9-23)16(22)8-15)28-20(27)17-10-29-19(25-17)12-2-5-14(21)6-3-12/h2-8,10-11H,1H3,(H,24,26). The lowest BCUT2D eigenvalue weighted by Gasteiger charge is -2.13. The molecule has 1 unspecified atom stereocenters. The summed E-state index contributed by atoms with van der Waals surface area (Å²) < 4.78 is 5.20. The van der Waals surface area contributed by atoms with E-state index in [9.17, 15) is 9.59 Å². The number of carbonyl (C=O) groups is 2. The molecule has 0 aliphatic rings. The van der Waals surface area contributed by atoms with Crippen LogP contribution in [0.2, 0.25) is 10.0 Å². The molecule has 0 saturated heterocycles. The number of nitrogens with zero attached hydrogens (tertiary/aromatic N) is 2. The Morgan fingerprint density at radius 1 is 1.21 bits per heavy atom. The van der Waals surface area contributed by atoms with E-state index in [1.54, 1.807) is 29.6 Å². The van der Waals surface area contributed by atoms with E-state index in [0.29, 0.717) is 21.3 Å². The van der Waals surface area contributed by atoms with Crippen molar-refractivity contribution < 1.29 is 14.3 Å². The van der Waals surface area contributed by atoms with Gasteiger partial charge in [-0.25, -0.2) is 9.78 Å². The Labute approximate surface area is 180 Å². The van der Waals surface area contributed by atoms with E-state index in [1.807, 2.05) is 6.07 Å². The van der Waals surface area contributed by atoms with Gasteiger partial charge in [0.25, 0.3) is 5.91 Å². The Morgan fingerprint density at radius 2 is 1.93 bits per heavy atom. The highest BCUT2D eigenvalue weighted by Crippen LogP contribution is 2.25. The summed E-state index contributed by atoms with van der Waals surface area (Å²) in [6.07, 6.45) is -1.06. The van der Waals surface area contributed by atoms with Gasteiger partial charge in [-0.2, -0.15) is 5.26 Å². The maximum Gasteiger partial charge on any atom is 0.358 e. The zero-order chi connectivity index (χ0) is 21.0. The van der Waals surface area contributed by atoms with Crippen molar-refractivity contribution in [1.82, 2.24) is 4.98 Å². The van der Waals surface area contributed by atoms with Crippen LogP contribution in [0, 0.1) is 11.3 Å². The maximum atomic E-state index is 12.3. The van der Waals surface area contributed by atoms with E-state index in [2.05, 4.69) is 10.3 Å². The lowest BCUT2D eigenvalue weighted by molar-refractivity contribution is -0.123. The molecule has 0 radical (unpaired) electrons. The van der Waals surface area contributed by atoms with Gasteiger partial charge in [-0.3, -0.25) is 4.79 Å². The fraction of sp³-hybridized carbons (Fsp3) is 0.100. The number of halogens is 2.